The Morgan fingerprint density at radius 3 is 2.85 bits per heavy atom. The monoisotopic (exact) mass is 280 g/mol. The number of ether oxygens (including phenoxy) is 1. The summed E-state index contributed by atoms with van der Waals surface area (Å²) >= 11 is 0. The highest BCUT2D eigenvalue weighted by atomic mass is 19.1. The van der Waals surface area contributed by atoms with E-state index in [0.717, 1.165) is 17.1 Å². The highest BCUT2D eigenvalue weighted by molar-refractivity contribution is 5.95. The molecule has 8 nitrogen and oxygen atoms in total. The number of benzene rings is 1. The molecule has 104 valence electrons. The molecule has 0 saturated carbocycles. The van der Waals surface area contributed by atoms with Gasteiger partial charge in [-0.2, -0.15) is 4.68 Å². The number of hydrogen-bond acceptors (Lipinski definition) is 6. The number of aromatic nitrogens is 3. The van der Waals surface area contributed by atoms with E-state index in [1.807, 2.05) is 0 Å². The number of methoxy groups -OCH3 is 1. The summed E-state index contributed by atoms with van der Waals surface area (Å²) in [6.45, 7) is -0.271. The van der Waals surface area contributed by atoms with Gasteiger partial charge >= 0.3 is 5.95 Å². The second kappa shape index (κ2) is 5.43. The summed E-state index contributed by atoms with van der Waals surface area (Å²) in [5.41, 5.74) is 0.112. The molecule has 0 amide bonds. The number of halogens is 1. The quantitative estimate of drug-likeness (QED) is 0.463. The molecule has 0 atom stereocenters. The number of hydrogen-bond donors (Lipinski definition) is 0. The lowest BCUT2D eigenvalue weighted by Crippen LogP contribution is -2.11. The lowest BCUT2D eigenvalue weighted by Gasteiger charge is -2.03. The average molecular weight is 280 g/mol. The van der Waals surface area contributed by atoms with Crippen LogP contribution < -0.4 is 4.74 Å². The van der Waals surface area contributed by atoms with Crippen LogP contribution in [0.2, 0.25) is 0 Å². The third kappa shape index (κ3) is 2.76. The predicted octanol–water partition coefficient (Wildman–Crippen LogP) is 1.22. The van der Waals surface area contributed by atoms with Crippen molar-refractivity contribution in [3.8, 4) is 5.75 Å². The topological polar surface area (TPSA) is 100 Å². The summed E-state index contributed by atoms with van der Waals surface area (Å²) in [5.74, 6) is -1.69. The maximum Gasteiger partial charge on any atom is 0.490 e. The first-order chi connectivity index (χ1) is 9.51. The molecule has 0 saturated heterocycles. The van der Waals surface area contributed by atoms with Crippen LogP contribution in [0.4, 0.5) is 10.3 Å². The van der Waals surface area contributed by atoms with Crippen molar-refractivity contribution in [2.24, 2.45) is 0 Å². The van der Waals surface area contributed by atoms with Gasteiger partial charge in [0, 0.05) is 10.7 Å². The Kier molecular flexibility index (Phi) is 3.69. The predicted molar refractivity (Wildman–Crippen MR) is 64.0 cm³/mol. The minimum Gasteiger partial charge on any atom is -0.494 e. The van der Waals surface area contributed by atoms with Crippen LogP contribution >= 0.6 is 0 Å². The smallest absolute Gasteiger partial charge is 0.490 e. The van der Waals surface area contributed by atoms with Gasteiger partial charge in [-0.15, -0.1) is 0 Å². The van der Waals surface area contributed by atoms with Gasteiger partial charge in [0.2, 0.25) is 6.33 Å². The molecule has 2 aromatic rings. The van der Waals surface area contributed by atoms with E-state index in [0.29, 0.717) is 0 Å². The van der Waals surface area contributed by atoms with Gasteiger partial charge in [0.25, 0.3) is 0 Å². The number of carbonyl (C=O) groups excluding carboxylic acids is 1. The normalized spacial score (nSPS) is 10.3. The lowest BCUT2D eigenvalue weighted by atomic mass is 10.1. The Balaban J connectivity index is 2.15. The van der Waals surface area contributed by atoms with Crippen LogP contribution in [0.3, 0.4) is 0 Å². The fraction of sp³-hybridized carbons (Fsp3) is 0.182. The number of rotatable bonds is 5. The Hall–Kier alpha value is -2.84. The highest BCUT2D eigenvalue weighted by Crippen LogP contribution is 2.18. The maximum absolute atomic E-state index is 13.5. The first kappa shape index (κ1) is 13.6. The molecule has 0 fully saturated rings. The van der Waals surface area contributed by atoms with Gasteiger partial charge in [-0.05, 0) is 23.1 Å². The molecule has 0 aliphatic heterocycles. The van der Waals surface area contributed by atoms with E-state index in [4.69, 9.17) is 4.74 Å². The molecule has 0 aliphatic rings. The number of Topliss-reactive ketones (excluding diaryl/α,β-unsaturated/α-hetero) is 1. The van der Waals surface area contributed by atoms with E-state index >= 15 is 0 Å². The molecule has 0 N–H and O–H groups in total. The van der Waals surface area contributed by atoms with Crippen LogP contribution in [0.15, 0.2) is 24.5 Å². The third-order valence-corrected chi connectivity index (χ3v) is 2.47. The molecule has 1 aromatic carbocycles. The molecule has 2 rings (SSSR count). The Morgan fingerprint density at radius 2 is 2.30 bits per heavy atom. The molecular weight excluding hydrogens is 271 g/mol. The summed E-state index contributed by atoms with van der Waals surface area (Å²) in [6, 6.07) is 3.76. The molecule has 0 spiro atoms. The third-order valence-electron chi connectivity index (χ3n) is 2.47. The summed E-state index contributed by atoms with van der Waals surface area (Å²) < 4.78 is 19.2. The molecule has 0 unspecified atom stereocenters. The van der Waals surface area contributed by atoms with E-state index in [1.165, 1.54) is 19.2 Å². The maximum atomic E-state index is 13.5. The van der Waals surface area contributed by atoms with Crippen LogP contribution in [0.5, 0.6) is 5.75 Å². The lowest BCUT2D eigenvalue weighted by molar-refractivity contribution is -0.394. The Morgan fingerprint density at radius 1 is 1.55 bits per heavy atom. The number of nitro groups is 1. The second-order valence-electron chi connectivity index (χ2n) is 3.77. The van der Waals surface area contributed by atoms with E-state index < -0.39 is 22.5 Å². The van der Waals surface area contributed by atoms with Crippen molar-refractivity contribution >= 4 is 11.7 Å². The molecule has 1 heterocycles. The molecule has 9 heteroatoms. The summed E-state index contributed by atoms with van der Waals surface area (Å²) in [5, 5.41) is 13.9. The van der Waals surface area contributed by atoms with E-state index in [9.17, 15) is 19.3 Å². The van der Waals surface area contributed by atoms with Gasteiger partial charge < -0.3 is 14.9 Å². The average Bonchev–Trinajstić information content (AvgIpc) is 2.87. The van der Waals surface area contributed by atoms with Gasteiger partial charge in [0.15, 0.2) is 17.3 Å². The standard InChI is InChI=1S/C11H9FN4O4/c1-20-10-3-2-7(4-8(10)12)9(17)5-15-6-13-11(14-15)16(18)19/h2-4,6H,5H2,1H3. The largest absolute Gasteiger partial charge is 0.494 e. The van der Waals surface area contributed by atoms with Crippen molar-refractivity contribution in [1.29, 1.82) is 0 Å². The first-order valence-corrected chi connectivity index (χ1v) is 5.42. The molecule has 0 bridgehead atoms. The van der Waals surface area contributed by atoms with Crippen LogP contribution in [0, 0.1) is 15.9 Å². The minimum atomic E-state index is -0.770. The van der Waals surface area contributed by atoms with Gasteiger partial charge in [-0.3, -0.25) is 4.79 Å². The van der Waals surface area contributed by atoms with E-state index in [2.05, 4.69) is 10.1 Å². The van der Waals surface area contributed by atoms with Crippen molar-refractivity contribution in [3.05, 3.63) is 46.0 Å². The summed E-state index contributed by atoms with van der Waals surface area (Å²) in [6.07, 6.45) is 1.07. The SMILES string of the molecule is COc1ccc(C(=O)Cn2cnc([N+](=O)[O-])n2)cc1F. The molecule has 0 aliphatic carbocycles. The highest BCUT2D eigenvalue weighted by Gasteiger charge is 2.17. The first-order valence-electron chi connectivity index (χ1n) is 5.42. The zero-order valence-electron chi connectivity index (χ0n) is 10.3. The minimum absolute atomic E-state index is 0.0259. The molecular formula is C11H9FN4O4. The van der Waals surface area contributed by atoms with Gasteiger partial charge in [0.05, 0.1) is 7.11 Å². The fourth-order valence-electron chi connectivity index (χ4n) is 1.52. The van der Waals surface area contributed by atoms with E-state index in [1.54, 1.807) is 0 Å². The van der Waals surface area contributed by atoms with Crippen LogP contribution in [-0.4, -0.2) is 32.6 Å². The zero-order valence-corrected chi connectivity index (χ0v) is 10.3. The van der Waals surface area contributed by atoms with Crippen molar-refractivity contribution in [2.75, 3.05) is 7.11 Å². The number of carbonyl (C=O) groups is 1. The van der Waals surface area contributed by atoms with Crippen LogP contribution in [-0.2, 0) is 6.54 Å². The van der Waals surface area contributed by atoms with Gasteiger partial charge in [0.1, 0.15) is 6.54 Å². The summed E-state index contributed by atoms with van der Waals surface area (Å²) in [7, 11) is 1.31. The second-order valence-corrected chi connectivity index (χ2v) is 3.77. The fourth-order valence-corrected chi connectivity index (χ4v) is 1.52. The Bertz CT molecular complexity index is 670. The van der Waals surface area contributed by atoms with Gasteiger partial charge in [-0.1, -0.05) is 4.98 Å². The van der Waals surface area contributed by atoms with Crippen molar-refractivity contribution < 1.29 is 18.8 Å². The van der Waals surface area contributed by atoms with E-state index in [-0.39, 0.29) is 17.9 Å². The van der Waals surface area contributed by atoms with Crippen LogP contribution in [0.1, 0.15) is 10.4 Å². The molecule has 0 radical (unpaired) electrons. The zero-order chi connectivity index (χ0) is 14.7. The van der Waals surface area contributed by atoms with Crippen LogP contribution in [0.25, 0.3) is 0 Å². The molecule has 20 heavy (non-hydrogen) atoms. The van der Waals surface area contributed by atoms with Crippen molar-refractivity contribution in [3.63, 3.8) is 0 Å². The van der Waals surface area contributed by atoms with Crippen molar-refractivity contribution in [2.45, 2.75) is 6.54 Å². The van der Waals surface area contributed by atoms with Gasteiger partial charge in [-0.25, -0.2) is 4.39 Å². The molecule has 1 aromatic heterocycles. The summed E-state index contributed by atoms with van der Waals surface area (Å²) in [4.78, 5) is 24.9. The Labute approximate surface area is 112 Å². The number of nitrogens with zero attached hydrogens (tertiary/aromatic N) is 4. The van der Waals surface area contributed by atoms with Crippen molar-refractivity contribution in [1.82, 2.24) is 14.8 Å². The number of ketones is 1.